The van der Waals surface area contributed by atoms with Gasteiger partial charge in [-0.15, -0.1) is 0 Å². The highest BCUT2D eigenvalue weighted by Gasteiger charge is 2.17. The molecule has 3 heterocycles. The van der Waals surface area contributed by atoms with Gasteiger partial charge < -0.3 is 5.32 Å². The minimum Gasteiger partial charge on any atom is -0.321 e. The van der Waals surface area contributed by atoms with Crippen molar-refractivity contribution < 1.29 is 4.79 Å². The summed E-state index contributed by atoms with van der Waals surface area (Å²) in [5, 5.41) is 10.8. The van der Waals surface area contributed by atoms with Gasteiger partial charge in [-0.2, -0.15) is 5.10 Å². The minimum atomic E-state index is -0.183. The van der Waals surface area contributed by atoms with E-state index in [2.05, 4.69) is 20.5 Å². The van der Waals surface area contributed by atoms with Crippen molar-refractivity contribution in [3.8, 4) is 0 Å². The number of aryl methyl sites for hydroxylation is 2. The monoisotopic (exact) mass is 305 g/mol. The second-order valence-electron chi connectivity index (χ2n) is 5.60. The number of amides is 1. The summed E-state index contributed by atoms with van der Waals surface area (Å²) in [6.07, 6.45) is 3.62. The number of aromatic nitrogens is 4. The molecule has 0 fully saturated rings. The zero-order chi connectivity index (χ0) is 16.0. The first-order valence-corrected chi connectivity index (χ1v) is 7.31. The molecule has 6 heteroatoms. The van der Waals surface area contributed by atoms with Crippen LogP contribution in [0.15, 0.2) is 42.7 Å². The van der Waals surface area contributed by atoms with Crippen molar-refractivity contribution in [2.45, 2.75) is 13.8 Å². The average Bonchev–Trinajstić information content (AvgIpc) is 3.09. The standard InChI is InChI=1S/C17H15N5O/c1-10-5-6-22-15(7-10)19-11(2)16(22)17(23)20-13-4-3-12-9-18-21-14(12)8-13/h3-9H,1-2H3,(H,18,21)(H,20,23). The number of pyridine rings is 1. The Morgan fingerprint density at radius 1 is 1.22 bits per heavy atom. The molecule has 0 aliphatic carbocycles. The van der Waals surface area contributed by atoms with Gasteiger partial charge in [-0.1, -0.05) is 0 Å². The van der Waals surface area contributed by atoms with Crippen LogP contribution in [0.1, 0.15) is 21.7 Å². The molecule has 0 aliphatic rings. The number of hydrogen-bond acceptors (Lipinski definition) is 3. The third-order valence-corrected chi connectivity index (χ3v) is 3.87. The van der Waals surface area contributed by atoms with E-state index in [-0.39, 0.29) is 5.91 Å². The number of fused-ring (bicyclic) bond motifs is 2. The lowest BCUT2D eigenvalue weighted by atomic mass is 10.2. The summed E-state index contributed by atoms with van der Waals surface area (Å²) < 4.78 is 1.81. The van der Waals surface area contributed by atoms with Crippen LogP contribution in [0.5, 0.6) is 0 Å². The minimum absolute atomic E-state index is 0.183. The molecule has 0 unspecified atom stereocenters. The topological polar surface area (TPSA) is 75.1 Å². The van der Waals surface area contributed by atoms with Gasteiger partial charge in [0.25, 0.3) is 5.91 Å². The normalized spacial score (nSPS) is 11.2. The van der Waals surface area contributed by atoms with Gasteiger partial charge >= 0.3 is 0 Å². The fraction of sp³-hybridized carbons (Fsp3) is 0.118. The number of aromatic amines is 1. The molecule has 23 heavy (non-hydrogen) atoms. The summed E-state index contributed by atoms with van der Waals surface area (Å²) in [7, 11) is 0. The maximum absolute atomic E-state index is 12.7. The maximum Gasteiger partial charge on any atom is 0.274 e. The van der Waals surface area contributed by atoms with Crippen molar-refractivity contribution in [3.63, 3.8) is 0 Å². The molecule has 0 atom stereocenters. The first-order chi connectivity index (χ1) is 11.1. The molecule has 0 saturated carbocycles. The zero-order valence-corrected chi connectivity index (χ0v) is 12.8. The number of H-pyrrole nitrogens is 1. The Morgan fingerprint density at radius 3 is 2.96 bits per heavy atom. The molecular weight excluding hydrogens is 290 g/mol. The molecule has 4 aromatic rings. The largest absolute Gasteiger partial charge is 0.321 e. The first-order valence-electron chi connectivity index (χ1n) is 7.31. The molecule has 0 saturated heterocycles. The Labute approximate surface area is 132 Å². The lowest BCUT2D eigenvalue weighted by Crippen LogP contribution is -2.15. The number of carbonyl (C=O) groups is 1. The Bertz CT molecular complexity index is 1040. The lowest BCUT2D eigenvalue weighted by Gasteiger charge is -2.06. The predicted octanol–water partition coefficient (Wildman–Crippen LogP) is 3.08. The summed E-state index contributed by atoms with van der Waals surface area (Å²) in [4.78, 5) is 17.1. The summed E-state index contributed by atoms with van der Waals surface area (Å²) >= 11 is 0. The molecule has 114 valence electrons. The fourth-order valence-electron chi connectivity index (χ4n) is 2.74. The van der Waals surface area contributed by atoms with Crippen molar-refractivity contribution in [3.05, 3.63) is 59.7 Å². The summed E-state index contributed by atoms with van der Waals surface area (Å²) in [6.45, 7) is 3.85. The maximum atomic E-state index is 12.7. The number of benzene rings is 1. The molecule has 0 bridgehead atoms. The Balaban J connectivity index is 1.72. The smallest absolute Gasteiger partial charge is 0.274 e. The Morgan fingerprint density at radius 2 is 2.09 bits per heavy atom. The lowest BCUT2D eigenvalue weighted by molar-refractivity contribution is 0.102. The van der Waals surface area contributed by atoms with Crippen molar-refractivity contribution in [2.24, 2.45) is 0 Å². The highest BCUT2D eigenvalue weighted by atomic mass is 16.2. The summed E-state index contributed by atoms with van der Waals surface area (Å²) in [5.74, 6) is -0.183. The summed E-state index contributed by atoms with van der Waals surface area (Å²) in [5.41, 5.74) is 4.73. The van der Waals surface area contributed by atoms with Crippen LogP contribution in [0, 0.1) is 13.8 Å². The molecular formula is C17H15N5O. The predicted molar refractivity (Wildman–Crippen MR) is 88.7 cm³/mol. The quantitative estimate of drug-likeness (QED) is 0.597. The Hall–Kier alpha value is -3.15. The van der Waals surface area contributed by atoms with Crippen molar-refractivity contribution in [1.82, 2.24) is 19.6 Å². The van der Waals surface area contributed by atoms with Crippen LogP contribution in [0.3, 0.4) is 0 Å². The van der Waals surface area contributed by atoms with E-state index in [1.165, 1.54) is 0 Å². The van der Waals surface area contributed by atoms with E-state index in [1.807, 2.05) is 54.8 Å². The van der Waals surface area contributed by atoms with E-state index in [4.69, 9.17) is 0 Å². The van der Waals surface area contributed by atoms with Crippen LogP contribution in [-0.4, -0.2) is 25.5 Å². The highest BCUT2D eigenvalue weighted by molar-refractivity contribution is 6.05. The van der Waals surface area contributed by atoms with Crippen LogP contribution in [-0.2, 0) is 0 Å². The van der Waals surface area contributed by atoms with Crippen LogP contribution < -0.4 is 5.32 Å². The van der Waals surface area contributed by atoms with Gasteiger partial charge in [0.1, 0.15) is 11.3 Å². The van der Waals surface area contributed by atoms with Crippen molar-refractivity contribution >= 4 is 28.1 Å². The number of rotatable bonds is 2. The van der Waals surface area contributed by atoms with Crippen molar-refractivity contribution in [1.29, 1.82) is 0 Å². The Kier molecular flexibility index (Phi) is 2.90. The number of hydrogen-bond donors (Lipinski definition) is 2. The van der Waals surface area contributed by atoms with Gasteiger partial charge in [0.15, 0.2) is 0 Å². The van der Waals surface area contributed by atoms with E-state index < -0.39 is 0 Å². The number of nitrogens with zero attached hydrogens (tertiary/aromatic N) is 3. The number of anilines is 1. The average molecular weight is 305 g/mol. The van der Waals surface area contributed by atoms with Crippen molar-refractivity contribution in [2.75, 3.05) is 5.32 Å². The first kappa shape index (κ1) is 13.5. The zero-order valence-electron chi connectivity index (χ0n) is 12.8. The molecule has 4 rings (SSSR count). The molecule has 2 N–H and O–H groups in total. The molecule has 1 aromatic carbocycles. The third kappa shape index (κ3) is 2.24. The molecule has 6 nitrogen and oxygen atoms in total. The van der Waals surface area contributed by atoms with E-state index in [0.717, 1.165) is 22.1 Å². The van der Waals surface area contributed by atoms with Crippen LogP contribution >= 0.6 is 0 Å². The molecule has 3 aromatic heterocycles. The fourth-order valence-corrected chi connectivity index (χ4v) is 2.74. The van der Waals surface area contributed by atoms with Gasteiger partial charge in [0.05, 0.1) is 17.4 Å². The molecule has 0 aliphatic heterocycles. The second kappa shape index (κ2) is 4.95. The van der Waals surface area contributed by atoms with Gasteiger partial charge in [0, 0.05) is 17.3 Å². The number of nitrogens with one attached hydrogen (secondary N) is 2. The van der Waals surface area contributed by atoms with Gasteiger partial charge in [-0.25, -0.2) is 4.98 Å². The van der Waals surface area contributed by atoms with E-state index in [1.54, 1.807) is 6.20 Å². The third-order valence-electron chi connectivity index (χ3n) is 3.87. The molecule has 0 radical (unpaired) electrons. The van der Waals surface area contributed by atoms with Crippen LogP contribution in [0.4, 0.5) is 5.69 Å². The van der Waals surface area contributed by atoms with Gasteiger partial charge in [0.2, 0.25) is 0 Å². The SMILES string of the molecule is Cc1ccn2c(C(=O)Nc3ccc4cn[nH]c4c3)c(C)nc2c1. The van der Waals surface area contributed by atoms with Gasteiger partial charge in [-0.05, 0) is 49.7 Å². The molecule has 1 amide bonds. The highest BCUT2D eigenvalue weighted by Crippen LogP contribution is 2.19. The van der Waals surface area contributed by atoms with Crippen LogP contribution in [0.25, 0.3) is 16.6 Å². The number of carbonyl (C=O) groups excluding carboxylic acids is 1. The van der Waals surface area contributed by atoms with Gasteiger partial charge in [-0.3, -0.25) is 14.3 Å². The summed E-state index contributed by atoms with van der Waals surface area (Å²) in [6, 6.07) is 9.56. The van der Waals surface area contributed by atoms with E-state index in [9.17, 15) is 4.79 Å². The second-order valence-corrected chi connectivity index (χ2v) is 5.60. The number of imidazole rings is 1. The van der Waals surface area contributed by atoms with E-state index >= 15 is 0 Å². The van der Waals surface area contributed by atoms with E-state index in [0.29, 0.717) is 17.1 Å². The molecule has 0 spiro atoms. The van der Waals surface area contributed by atoms with Crippen LogP contribution in [0.2, 0.25) is 0 Å².